The highest BCUT2D eigenvalue weighted by Gasteiger charge is 2.18. The Morgan fingerprint density at radius 2 is 1.73 bits per heavy atom. The van der Waals surface area contributed by atoms with Gasteiger partial charge in [0.15, 0.2) is 0 Å². The first-order chi connectivity index (χ1) is 12.4. The summed E-state index contributed by atoms with van der Waals surface area (Å²) in [7, 11) is 0. The van der Waals surface area contributed by atoms with Crippen LogP contribution in [0.4, 0.5) is 5.00 Å². The lowest BCUT2D eigenvalue weighted by atomic mass is 10.2. The van der Waals surface area contributed by atoms with Crippen molar-refractivity contribution >= 4 is 34.2 Å². The highest BCUT2D eigenvalue weighted by molar-refractivity contribution is 7.18. The fourth-order valence-electron chi connectivity index (χ4n) is 2.23. The summed E-state index contributed by atoms with van der Waals surface area (Å²) in [6.45, 7) is 7.41. The average Bonchev–Trinajstić information content (AvgIpc) is 2.95. The summed E-state index contributed by atoms with van der Waals surface area (Å²) in [5, 5.41) is 3.23. The second-order valence-electron chi connectivity index (χ2n) is 5.35. The van der Waals surface area contributed by atoms with Gasteiger partial charge in [-0.05, 0) is 51.5 Å². The van der Waals surface area contributed by atoms with Gasteiger partial charge in [-0.25, -0.2) is 14.6 Å². The fourth-order valence-corrected chi connectivity index (χ4v) is 3.19. The van der Waals surface area contributed by atoms with E-state index >= 15 is 0 Å². The van der Waals surface area contributed by atoms with E-state index in [4.69, 9.17) is 9.47 Å². The van der Waals surface area contributed by atoms with Crippen molar-refractivity contribution in [3.05, 3.63) is 45.6 Å². The number of carbonyl (C=O) groups is 3. The van der Waals surface area contributed by atoms with Crippen LogP contribution in [0.15, 0.2) is 18.2 Å². The topological polar surface area (TPSA) is 94.6 Å². The molecule has 26 heavy (non-hydrogen) atoms. The van der Waals surface area contributed by atoms with E-state index in [-0.39, 0.29) is 18.9 Å². The molecule has 7 nitrogen and oxygen atoms in total. The number of amides is 1. The number of esters is 2. The minimum Gasteiger partial charge on any atom is -0.462 e. The Hall–Kier alpha value is -2.74. The average molecular weight is 376 g/mol. The van der Waals surface area contributed by atoms with Crippen molar-refractivity contribution in [1.29, 1.82) is 0 Å². The van der Waals surface area contributed by atoms with E-state index in [0.717, 1.165) is 16.9 Å². The standard InChI is InChI=1S/C18H20N2O5S/c1-5-24-17(22)12-7-8-13(19-11(12)4)16(21)20-14-9-10(3)15(26-14)18(23)25-6-2/h7-9H,5-6H2,1-4H3,(H,20,21). The molecule has 0 unspecified atom stereocenters. The Balaban J connectivity index is 2.15. The zero-order valence-corrected chi connectivity index (χ0v) is 15.9. The lowest BCUT2D eigenvalue weighted by Gasteiger charge is -2.07. The van der Waals surface area contributed by atoms with Crippen LogP contribution in [0.2, 0.25) is 0 Å². The highest BCUT2D eigenvalue weighted by atomic mass is 32.1. The minimum absolute atomic E-state index is 0.166. The van der Waals surface area contributed by atoms with Gasteiger partial charge in [0.2, 0.25) is 0 Å². The van der Waals surface area contributed by atoms with Crippen molar-refractivity contribution < 1.29 is 23.9 Å². The molecule has 0 saturated carbocycles. The number of hydrogen-bond donors (Lipinski definition) is 1. The summed E-state index contributed by atoms with van der Waals surface area (Å²) in [5.74, 6) is -1.32. The maximum atomic E-state index is 12.4. The van der Waals surface area contributed by atoms with E-state index in [2.05, 4.69) is 10.3 Å². The molecule has 0 aliphatic rings. The maximum Gasteiger partial charge on any atom is 0.348 e. The third kappa shape index (κ3) is 4.45. The predicted octanol–water partition coefficient (Wildman–Crippen LogP) is 3.37. The van der Waals surface area contributed by atoms with Gasteiger partial charge in [-0.15, -0.1) is 11.3 Å². The van der Waals surface area contributed by atoms with Gasteiger partial charge in [0.05, 0.1) is 29.5 Å². The molecule has 0 aliphatic heterocycles. The van der Waals surface area contributed by atoms with Crippen molar-refractivity contribution in [2.45, 2.75) is 27.7 Å². The fraction of sp³-hybridized carbons (Fsp3) is 0.333. The molecule has 2 aromatic heterocycles. The number of ether oxygens (including phenoxy) is 2. The summed E-state index contributed by atoms with van der Waals surface area (Å²) in [4.78, 5) is 40.6. The second-order valence-corrected chi connectivity index (χ2v) is 6.40. The molecule has 0 spiro atoms. The van der Waals surface area contributed by atoms with Crippen molar-refractivity contribution in [2.24, 2.45) is 0 Å². The van der Waals surface area contributed by atoms with Gasteiger partial charge in [0.25, 0.3) is 5.91 Å². The van der Waals surface area contributed by atoms with Crippen LogP contribution in [-0.2, 0) is 9.47 Å². The molecule has 2 rings (SSSR count). The third-order valence-corrected chi connectivity index (χ3v) is 4.56. The Kier molecular flexibility index (Phi) is 6.46. The molecule has 0 atom stereocenters. The quantitative estimate of drug-likeness (QED) is 0.777. The van der Waals surface area contributed by atoms with E-state index in [0.29, 0.717) is 21.1 Å². The molecule has 2 heterocycles. The second kappa shape index (κ2) is 8.57. The van der Waals surface area contributed by atoms with E-state index in [1.54, 1.807) is 33.8 Å². The van der Waals surface area contributed by atoms with Crippen LogP contribution in [0.3, 0.4) is 0 Å². The third-order valence-electron chi connectivity index (χ3n) is 3.43. The van der Waals surface area contributed by atoms with Gasteiger partial charge in [-0.2, -0.15) is 0 Å². The highest BCUT2D eigenvalue weighted by Crippen LogP contribution is 2.27. The summed E-state index contributed by atoms with van der Waals surface area (Å²) in [6, 6.07) is 4.68. The molecule has 2 aromatic rings. The van der Waals surface area contributed by atoms with Gasteiger partial charge in [-0.1, -0.05) is 0 Å². The molecule has 138 valence electrons. The lowest BCUT2D eigenvalue weighted by Crippen LogP contribution is -2.15. The molecule has 0 fully saturated rings. The Bertz CT molecular complexity index is 844. The largest absolute Gasteiger partial charge is 0.462 e. The summed E-state index contributed by atoms with van der Waals surface area (Å²) >= 11 is 1.14. The Morgan fingerprint density at radius 3 is 2.35 bits per heavy atom. The monoisotopic (exact) mass is 376 g/mol. The summed E-state index contributed by atoms with van der Waals surface area (Å²) < 4.78 is 9.93. The van der Waals surface area contributed by atoms with Crippen LogP contribution in [0, 0.1) is 13.8 Å². The first-order valence-corrected chi connectivity index (χ1v) is 8.92. The molecule has 1 amide bonds. The van der Waals surface area contributed by atoms with Crippen molar-refractivity contribution in [3.8, 4) is 0 Å². The molecular weight excluding hydrogens is 356 g/mol. The van der Waals surface area contributed by atoms with Gasteiger partial charge in [0.1, 0.15) is 10.6 Å². The molecule has 0 radical (unpaired) electrons. The molecule has 8 heteroatoms. The van der Waals surface area contributed by atoms with Crippen LogP contribution < -0.4 is 5.32 Å². The van der Waals surface area contributed by atoms with Crippen LogP contribution in [0.1, 0.15) is 55.6 Å². The molecule has 1 N–H and O–H groups in total. The molecular formula is C18H20N2O5S. The van der Waals surface area contributed by atoms with E-state index in [1.165, 1.54) is 12.1 Å². The number of rotatable bonds is 6. The summed E-state index contributed by atoms with van der Waals surface area (Å²) in [6.07, 6.45) is 0. The number of nitrogens with one attached hydrogen (secondary N) is 1. The number of pyridine rings is 1. The number of nitrogens with zero attached hydrogens (tertiary/aromatic N) is 1. The van der Waals surface area contributed by atoms with E-state index in [1.807, 2.05) is 0 Å². The van der Waals surface area contributed by atoms with Crippen LogP contribution in [0.25, 0.3) is 0 Å². The first kappa shape index (κ1) is 19.6. The maximum absolute atomic E-state index is 12.4. The molecule has 0 aromatic carbocycles. The van der Waals surface area contributed by atoms with Gasteiger partial charge in [0, 0.05) is 0 Å². The van der Waals surface area contributed by atoms with Crippen LogP contribution in [-0.4, -0.2) is 36.0 Å². The van der Waals surface area contributed by atoms with Gasteiger partial charge < -0.3 is 14.8 Å². The van der Waals surface area contributed by atoms with E-state index in [9.17, 15) is 14.4 Å². The zero-order valence-electron chi connectivity index (χ0n) is 15.0. The van der Waals surface area contributed by atoms with Gasteiger partial charge >= 0.3 is 11.9 Å². The van der Waals surface area contributed by atoms with Crippen LogP contribution in [0.5, 0.6) is 0 Å². The number of aryl methyl sites for hydroxylation is 2. The number of hydrogen-bond acceptors (Lipinski definition) is 7. The smallest absolute Gasteiger partial charge is 0.348 e. The van der Waals surface area contributed by atoms with Crippen molar-refractivity contribution in [3.63, 3.8) is 0 Å². The minimum atomic E-state index is -0.475. The van der Waals surface area contributed by atoms with Crippen molar-refractivity contribution in [1.82, 2.24) is 4.98 Å². The number of thiophene rings is 1. The zero-order chi connectivity index (χ0) is 19.3. The van der Waals surface area contributed by atoms with Crippen molar-refractivity contribution in [2.75, 3.05) is 18.5 Å². The molecule has 0 saturated heterocycles. The summed E-state index contributed by atoms with van der Waals surface area (Å²) in [5.41, 5.74) is 1.62. The number of aromatic nitrogens is 1. The lowest BCUT2D eigenvalue weighted by molar-refractivity contribution is 0.0517. The number of carbonyl (C=O) groups excluding carboxylic acids is 3. The van der Waals surface area contributed by atoms with Gasteiger partial charge in [-0.3, -0.25) is 4.79 Å². The van der Waals surface area contributed by atoms with Crippen LogP contribution >= 0.6 is 11.3 Å². The number of anilines is 1. The van der Waals surface area contributed by atoms with E-state index < -0.39 is 17.8 Å². The first-order valence-electron chi connectivity index (χ1n) is 8.11. The molecule has 0 aliphatic carbocycles. The predicted molar refractivity (Wildman–Crippen MR) is 97.9 cm³/mol. The normalized spacial score (nSPS) is 10.3. The Morgan fingerprint density at radius 1 is 1.08 bits per heavy atom. The Labute approximate surface area is 155 Å². The molecule has 0 bridgehead atoms. The SMILES string of the molecule is CCOC(=O)c1ccc(C(=O)Nc2cc(C)c(C(=O)OCC)s2)nc1C.